The lowest BCUT2D eigenvalue weighted by molar-refractivity contribution is 0.0686. The van der Waals surface area contributed by atoms with E-state index in [-0.39, 0.29) is 5.91 Å². The fourth-order valence-corrected chi connectivity index (χ4v) is 3.09. The number of benzene rings is 1. The van der Waals surface area contributed by atoms with Crippen molar-refractivity contribution in [1.82, 2.24) is 4.90 Å². The molecule has 4 heteroatoms. The Kier molecular flexibility index (Phi) is 4.68. The monoisotopic (exact) mass is 329 g/mol. The van der Waals surface area contributed by atoms with Crippen LogP contribution in [0.2, 0.25) is 5.02 Å². The maximum absolute atomic E-state index is 12.5. The maximum atomic E-state index is 12.5. The number of hydrogen-bond acceptors (Lipinski definition) is 1. The first-order chi connectivity index (χ1) is 8.63. The predicted molar refractivity (Wildman–Crippen MR) is 78.6 cm³/mol. The number of piperidine rings is 1. The molecule has 1 heterocycles. The molecule has 2 rings (SSSR count). The highest BCUT2D eigenvalue weighted by molar-refractivity contribution is 9.09. The zero-order valence-corrected chi connectivity index (χ0v) is 12.8. The number of alkyl halides is 1. The van der Waals surface area contributed by atoms with E-state index in [2.05, 4.69) is 15.9 Å². The van der Waals surface area contributed by atoms with E-state index >= 15 is 0 Å². The van der Waals surface area contributed by atoms with Crippen LogP contribution in [0, 0.1) is 12.8 Å². The Morgan fingerprint density at radius 1 is 1.56 bits per heavy atom. The summed E-state index contributed by atoms with van der Waals surface area (Å²) in [6, 6.07) is 5.63. The molecule has 1 atom stereocenters. The first kappa shape index (κ1) is 13.9. The van der Waals surface area contributed by atoms with Gasteiger partial charge < -0.3 is 4.90 Å². The molecule has 0 saturated carbocycles. The van der Waals surface area contributed by atoms with Gasteiger partial charge in [0.05, 0.1) is 10.6 Å². The minimum atomic E-state index is 0.0642. The third kappa shape index (κ3) is 2.89. The van der Waals surface area contributed by atoms with Crippen molar-refractivity contribution in [2.45, 2.75) is 19.8 Å². The molecular formula is C14H17BrClNO. The summed E-state index contributed by atoms with van der Waals surface area (Å²) in [6.45, 7) is 3.59. The van der Waals surface area contributed by atoms with Crippen molar-refractivity contribution in [2.24, 2.45) is 5.92 Å². The van der Waals surface area contributed by atoms with Crippen molar-refractivity contribution < 1.29 is 4.79 Å². The van der Waals surface area contributed by atoms with Gasteiger partial charge in [0.15, 0.2) is 0 Å². The summed E-state index contributed by atoms with van der Waals surface area (Å²) >= 11 is 9.73. The Bertz CT molecular complexity index is 449. The molecule has 0 N–H and O–H groups in total. The largest absolute Gasteiger partial charge is 0.338 e. The van der Waals surface area contributed by atoms with Gasteiger partial charge in [-0.05, 0) is 37.3 Å². The molecule has 1 amide bonds. The van der Waals surface area contributed by atoms with Crippen molar-refractivity contribution in [3.63, 3.8) is 0 Å². The van der Waals surface area contributed by atoms with Crippen LogP contribution >= 0.6 is 27.5 Å². The minimum Gasteiger partial charge on any atom is -0.338 e. The standard InChI is InChI=1S/C14H17BrClNO/c1-10-4-2-6-12(13(10)16)14(18)17-7-3-5-11(8-15)9-17/h2,4,6,11H,3,5,7-9H2,1H3. The second-order valence-corrected chi connectivity index (χ2v) is 5.88. The quantitative estimate of drug-likeness (QED) is 0.753. The highest BCUT2D eigenvalue weighted by atomic mass is 79.9. The normalized spacial score (nSPS) is 19.9. The number of carbonyl (C=O) groups is 1. The molecule has 18 heavy (non-hydrogen) atoms. The zero-order chi connectivity index (χ0) is 13.1. The third-order valence-corrected chi connectivity index (χ3v) is 4.86. The van der Waals surface area contributed by atoms with Crippen LogP contribution < -0.4 is 0 Å². The second kappa shape index (κ2) is 6.07. The summed E-state index contributed by atoms with van der Waals surface area (Å²) in [5.74, 6) is 0.626. The molecule has 1 aliphatic rings. The first-order valence-electron chi connectivity index (χ1n) is 6.24. The fraction of sp³-hybridized carbons (Fsp3) is 0.500. The van der Waals surface area contributed by atoms with E-state index in [9.17, 15) is 4.79 Å². The molecule has 0 bridgehead atoms. The fourth-order valence-electron chi connectivity index (χ4n) is 2.36. The lowest BCUT2D eigenvalue weighted by Gasteiger charge is -2.32. The summed E-state index contributed by atoms with van der Waals surface area (Å²) in [4.78, 5) is 14.4. The van der Waals surface area contributed by atoms with Crippen LogP contribution in [-0.4, -0.2) is 29.2 Å². The highest BCUT2D eigenvalue weighted by Gasteiger charge is 2.25. The van der Waals surface area contributed by atoms with Crippen LogP contribution in [0.15, 0.2) is 18.2 Å². The van der Waals surface area contributed by atoms with Crippen LogP contribution in [0.5, 0.6) is 0 Å². The molecule has 1 aromatic carbocycles. The van der Waals surface area contributed by atoms with Crippen LogP contribution in [0.3, 0.4) is 0 Å². The number of likely N-dealkylation sites (tertiary alicyclic amines) is 1. The lowest BCUT2D eigenvalue weighted by atomic mass is 9.99. The smallest absolute Gasteiger partial charge is 0.255 e. The van der Waals surface area contributed by atoms with E-state index in [1.807, 2.05) is 30.0 Å². The zero-order valence-electron chi connectivity index (χ0n) is 10.5. The molecule has 1 saturated heterocycles. The van der Waals surface area contributed by atoms with E-state index in [0.29, 0.717) is 16.5 Å². The van der Waals surface area contributed by atoms with Crippen molar-refractivity contribution in [1.29, 1.82) is 0 Å². The molecular weight excluding hydrogens is 314 g/mol. The number of halogens is 2. The lowest BCUT2D eigenvalue weighted by Crippen LogP contribution is -2.40. The minimum absolute atomic E-state index is 0.0642. The van der Waals surface area contributed by atoms with Crippen LogP contribution in [0.1, 0.15) is 28.8 Å². The van der Waals surface area contributed by atoms with Gasteiger partial charge in [-0.2, -0.15) is 0 Å². The Morgan fingerprint density at radius 3 is 3.06 bits per heavy atom. The summed E-state index contributed by atoms with van der Waals surface area (Å²) < 4.78 is 0. The van der Waals surface area contributed by atoms with Gasteiger partial charge in [0.25, 0.3) is 5.91 Å². The van der Waals surface area contributed by atoms with E-state index in [4.69, 9.17) is 11.6 Å². The molecule has 0 radical (unpaired) electrons. The highest BCUT2D eigenvalue weighted by Crippen LogP contribution is 2.25. The third-order valence-electron chi connectivity index (χ3n) is 3.45. The predicted octanol–water partition coefficient (Wildman–Crippen LogP) is 3.90. The number of rotatable bonds is 2. The molecule has 0 aromatic heterocycles. The van der Waals surface area contributed by atoms with E-state index in [0.717, 1.165) is 30.4 Å². The Hall–Kier alpha value is -0.540. The molecule has 0 aliphatic carbocycles. The van der Waals surface area contributed by atoms with E-state index in [1.54, 1.807) is 0 Å². The summed E-state index contributed by atoms with van der Waals surface area (Å²) in [7, 11) is 0. The van der Waals surface area contributed by atoms with Crippen molar-refractivity contribution >= 4 is 33.4 Å². The molecule has 2 nitrogen and oxygen atoms in total. The van der Waals surface area contributed by atoms with Gasteiger partial charge in [-0.1, -0.05) is 39.7 Å². The average molecular weight is 331 g/mol. The average Bonchev–Trinajstić information content (AvgIpc) is 2.41. The summed E-state index contributed by atoms with van der Waals surface area (Å²) in [5.41, 5.74) is 1.59. The molecule has 98 valence electrons. The Balaban J connectivity index is 2.18. The first-order valence-corrected chi connectivity index (χ1v) is 7.73. The summed E-state index contributed by atoms with van der Waals surface area (Å²) in [6.07, 6.45) is 2.27. The van der Waals surface area contributed by atoms with Gasteiger partial charge >= 0.3 is 0 Å². The maximum Gasteiger partial charge on any atom is 0.255 e. The Labute approximate surface area is 121 Å². The number of hydrogen-bond donors (Lipinski definition) is 0. The number of carbonyl (C=O) groups excluding carboxylic acids is 1. The number of amides is 1. The van der Waals surface area contributed by atoms with Crippen molar-refractivity contribution in [3.05, 3.63) is 34.3 Å². The molecule has 1 aromatic rings. The topological polar surface area (TPSA) is 20.3 Å². The molecule has 1 unspecified atom stereocenters. The van der Waals surface area contributed by atoms with E-state index in [1.165, 1.54) is 6.42 Å². The number of aryl methyl sites for hydroxylation is 1. The van der Waals surface area contributed by atoms with Gasteiger partial charge in [0.1, 0.15) is 0 Å². The molecule has 1 aliphatic heterocycles. The van der Waals surface area contributed by atoms with Gasteiger partial charge in [-0.3, -0.25) is 4.79 Å². The molecule has 1 fully saturated rings. The molecule has 0 spiro atoms. The van der Waals surface area contributed by atoms with Crippen LogP contribution in [0.25, 0.3) is 0 Å². The second-order valence-electron chi connectivity index (χ2n) is 4.85. The van der Waals surface area contributed by atoms with Gasteiger partial charge in [-0.25, -0.2) is 0 Å². The summed E-state index contributed by atoms with van der Waals surface area (Å²) in [5, 5.41) is 1.54. The van der Waals surface area contributed by atoms with Gasteiger partial charge in [0, 0.05) is 18.4 Å². The Morgan fingerprint density at radius 2 is 2.33 bits per heavy atom. The van der Waals surface area contributed by atoms with Gasteiger partial charge in [0.2, 0.25) is 0 Å². The number of nitrogens with zero attached hydrogens (tertiary/aromatic N) is 1. The SMILES string of the molecule is Cc1cccc(C(=O)N2CCCC(CBr)C2)c1Cl. The van der Waals surface area contributed by atoms with E-state index < -0.39 is 0 Å². The van der Waals surface area contributed by atoms with Gasteiger partial charge in [-0.15, -0.1) is 0 Å². The van der Waals surface area contributed by atoms with Crippen LogP contribution in [0.4, 0.5) is 0 Å². The van der Waals surface area contributed by atoms with Crippen molar-refractivity contribution in [3.8, 4) is 0 Å². The van der Waals surface area contributed by atoms with Crippen molar-refractivity contribution in [2.75, 3.05) is 18.4 Å². The van der Waals surface area contributed by atoms with Crippen LogP contribution in [-0.2, 0) is 0 Å².